The van der Waals surface area contributed by atoms with Crippen LogP contribution in [0.25, 0.3) is 0 Å². The Morgan fingerprint density at radius 1 is 1.33 bits per heavy atom. The zero-order chi connectivity index (χ0) is 21.7. The predicted molar refractivity (Wildman–Crippen MR) is 110 cm³/mol. The molecular weight excluding hydrogens is 410 g/mol. The fourth-order valence-corrected chi connectivity index (χ4v) is 3.26. The molecule has 0 aliphatic heterocycles. The van der Waals surface area contributed by atoms with Crippen molar-refractivity contribution < 1.29 is 19.2 Å². The fraction of sp³-hybridized carbons (Fsp3) is 0.158. The first-order chi connectivity index (χ1) is 14.3. The summed E-state index contributed by atoms with van der Waals surface area (Å²) in [5.74, 6) is -0.600. The van der Waals surface area contributed by atoms with Crippen molar-refractivity contribution in [1.82, 2.24) is 15.2 Å². The van der Waals surface area contributed by atoms with E-state index >= 15 is 0 Å². The number of carbonyl (C=O) groups is 2. The maximum atomic E-state index is 12.1. The van der Waals surface area contributed by atoms with Crippen LogP contribution < -0.4 is 10.2 Å². The fourth-order valence-electron chi connectivity index (χ4n) is 2.67. The lowest BCUT2D eigenvalue weighted by Gasteiger charge is -2.04. The zero-order valence-electron chi connectivity index (χ0n) is 16.1. The van der Waals surface area contributed by atoms with Crippen LogP contribution in [0, 0.1) is 24.0 Å². The third-order valence-electron chi connectivity index (χ3n) is 4.01. The van der Waals surface area contributed by atoms with Gasteiger partial charge in [-0.15, -0.1) is 11.3 Å². The number of aryl methyl sites for hydroxylation is 1. The van der Waals surface area contributed by atoms with E-state index in [0.717, 1.165) is 0 Å². The van der Waals surface area contributed by atoms with E-state index in [1.54, 1.807) is 41.8 Å². The molecule has 1 aromatic carbocycles. The molecule has 11 heteroatoms. The first-order valence-corrected chi connectivity index (χ1v) is 9.59. The van der Waals surface area contributed by atoms with E-state index in [4.69, 9.17) is 4.74 Å². The Kier molecular flexibility index (Phi) is 6.32. The molecule has 0 saturated carbocycles. The molecule has 0 saturated heterocycles. The molecule has 0 aliphatic rings. The number of hydrogen-bond donors (Lipinski definition) is 1. The van der Waals surface area contributed by atoms with Gasteiger partial charge in [0, 0.05) is 0 Å². The van der Waals surface area contributed by atoms with Crippen molar-refractivity contribution in [3.05, 3.63) is 73.7 Å². The van der Waals surface area contributed by atoms with Crippen LogP contribution in [0.3, 0.4) is 0 Å². The molecule has 0 fully saturated rings. The monoisotopic (exact) mass is 427 g/mol. The first kappa shape index (κ1) is 20.9. The number of amides is 1. The molecule has 3 aromatic rings. The Hall–Kier alpha value is -3.86. The normalized spacial score (nSPS) is 10.9. The second-order valence-electron chi connectivity index (χ2n) is 6.17. The van der Waals surface area contributed by atoms with E-state index in [-0.39, 0.29) is 23.6 Å². The van der Waals surface area contributed by atoms with Crippen molar-refractivity contribution in [2.24, 2.45) is 5.10 Å². The van der Waals surface area contributed by atoms with Crippen molar-refractivity contribution in [2.45, 2.75) is 20.4 Å². The Morgan fingerprint density at radius 2 is 2.13 bits per heavy atom. The summed E-state index contributed by atoms with van der Waals surface area (Å²) in [5.41, 5.74) is 3.36. The van der Waals surface area contributed by atoms with E-state index in [2.05, 4.69) is 15.6 Å². The number of aromatic nitrogens is 2. The standard InChI is InChI=1S/C19H17N5O5S/c1-12-18(24(27)28)13(2)23(22-12)11-17(25)21-20-10-14-5-3-6-15(9-14)29-19(26)16-7-4-8-30-16/h3-10H,11H2,1-2H3,(H,21,25)/b20-10+. The number of nitrogens with one attached hydrogen (secondary N) is 1. The van der Waals surface area contributed by atoms with E-state index in [1.807, 2.05) is 0 Å². The van der Waals surface area contributed by atoms with Gasteiger partial charge in [0.05, 0.1) is 11.1 Å². The molecule has 1 amide bonds. The van der Waals surface area contributed by atoms with E-state index in [1.165, 1.54) is 36.1 Å². The second-order valence-corrected chi connectivity index (χ2v) is 7.11. The van der Waals surface area contributed by atoms with Crippen molar-refractivity contribution in [3.8, 4) is 5.75 Å². The summed E-state index contributed by atoms with van der Waals surface area (Å²) in [5, 5.41) is 20.7. The molecule has 10 nitrogen and oxygen atoms in total. The number of benzene rings is 1. The van der Waals surface area contributed by atoms with Gasteiger partial charge in [-0.2, -0.15) is 10.2 Å². The van der Waals surface area contributed by atoms with Gasteiger partial charge in [-0.1, -0.05) is 18.2 Å². The van der Waals surface area contributed by atoms with Crippen molar-refractivity contribution in [2.75, 3.05) is 0 Å². The van der Waals surface area contributed by atoms with Crippen LogP contribution in [0.2, 0.25) is 0 Å². The van der Waals surface area contributed by atoms with Gasteiger partial charge in [-0.3, -0.25) is 19.6 Å². The van der Waals surface area contributed by atoms with Crippen molar-refractivity contribution >= 4 is 35.1 Å². The highest BCUT2D eigenvalue weighted by Gasteiger charge is 2.22. The molecule has 154 valence electrons. The van der Waals surface area contributed by atoms with Crippen LogP contribution in [-0.4, -0.2) is 32.8 Å². The van der Waals surface area contributed by atoms with Crippen molar-refractivity contribution in [3.63, 3.8) is 0 Å². The number of nitro groups is 1. The van der Waals surface area contributed by atoms with Gasteiger partial charge in [-0.05, 0) is 43.0 Å². The number of hydrogen-bond acceptors (Lipinski definition) is 8. The summed E-state index contributed by atoms with van der Waals surface area (Å²) in [6, 6.07) is 10.1. The number of rotatable bonds is 7. The van der Waals surface area contributed by atoms with Crippen LogP contribution in [0.15, 0.2) is 46.9 Å². The molecular formula is C19H17N5O5S. The summed E-state index contributed by atoms with van der Waals surface area (Å²) in [6.07, 6.45) is 1.39. The van der Waals surface area contributed by atoms with Crippen molar-refractivity contribution in [1.29, 1.82) is 0 Å². The number of esters is 1. The lowest BCUT2D eigenvalue weighted by atomic mass is 10.2. The van der Waals surface area contributed by atoms with Gasteiger partial charge >= 0.3 is 11.7 Å². The Bertz CT molecular complexity index is 1120. The quantitative estimate of drug-likeness (QED) is 0.203. The van der Waals surface area contributed by atoms with E-state index in [9.17, 15) is 19.7 Å². The number of nitrogens with zero attached hydrogens (tertiary/aromatic N) is 4. The zero-order valence-corrected chi connectivity index (χ0v) is 16.9. The van der Waals surface area contributed by atoms with E-state index in [0.29, 0.717) is 16.2 Å². The third-order valence-corrected chi connectivity index (χ3v) is 4.86. The molecule has 3 rings (SSSR count). The molecule has 0 spiro atoms. The Labute approximate surface area is 174 Å². The van der Waals surface area contributed by atoms with Gasteiger partial charge in [-0.25, -0.2) is 10.2 Å². The van der Waals surface area contributed by atoms with Crippen LogP contribution in [-0.2, 0) is 11.3 Å². The number of hydrazone groups is 1. The summed E-state index contributed by atoms with van der Waals surface area (Å²) < 4.78 is 6.56. The molecule has 1 N–H and O–H groups in total. The Morgan fingerprint density at radius 3 is 2.80 bits per heavy atom. The molecule has 30 heavy (non-hydrogen) atoms. The average Bonchev–Trinajstić information content (AvgIpc) is 3.31. The predicted octanol–water partition coefficient (Wildman–Crippen LogP) is 2.84. The molecule has 0 unspecified atom stereocenters. The number of carbonyl (C=O) groups excluding carboxylic acids is 2. The molecule has 2 heterocycles. The van der Waals surface area contributed by atoms with Gasteiger partial charge in [0.25, 0.3) is 5.91 Å². The van der Waals surface area contributed by atoms with Gasteiger partial charge < -0.3 is 4.74 Å². The average molecular weight is 427 g/mol. The summed E-state index contributed by atoms with van der Waals surface area (Å²) in [4.78, 5) is 35.1. The van der Waals surface area contributed by atoms with Gasteiger partial charge in [0.1, 0.15) is 28.6 Å². The van der Waals surface area contributed by atoms with Crippen LogP contribution >= 0.6 is 11.3 Å². The molecule has 2 aromatic heterocycles. The summed E-state index contributed by atoms with van der Waals surface area (Å²) in [7, 11) is 0. The highest BCUT2D eigenvalue weighted by Crippen LogP contribution is 2.21. The second kappa shape index (κ2) is 9.09. The molecule has 0 bridgehead atoms. The minimum atomic E-state index is -0.525. The lowest BCUT2D eigenvalue weighted by molar-refractivity contribution is -0.386. The number of ether oxygens (including phenoxy) is 1. The molecule has 0 atom stereocenters. The lowest BCUT2D eigenvalue weighted by Crippen LogP contribution is -2.24. The maximum Gasteiger partial charge on any atom is 0.353 e. The van der Waals surface area contributed by atoms with Crippen LogP contribution in [0.1, 0.15) is 26.6 Å². The summed E-state index contributed by atoms with van der Waals surface area (Å²) in [6.45, 7) is 2.82. The highest BCUT2D eigenvalue weighted by molar-refractivity contribution is 7.12. The number of thiophene rings is 1. The SMILES string of the molecule is Cc1nn(CC(=O)N/N=C/c2cccc(OC(=O)c3cccs3)c2)c(C)c1[N+](=O)[O-]. The highest BCUT2D eigenvalue weighted by atomic mass is 32.1. The topological polar surface area (TPSA) is 129 Å². The largest absolute Gasteiger partial charge is 0.422 e. The molecule has 0 aliphatic carbocycles. The third kappa shape index (κ3) is 4.94. The minimum Gasteiger partial charge on any atom is -0.422 e. The van der Waals surface area contributed by atoms with Gasteiger partial charge in [0.15, 0.2) is 0 Å². The van der Waals surface area contributed by atoms with Crippen LogP contribution in [0.5, 0.6) is 5.75 Å². The maximum absolute atomic E-state index is 12.1. The van der Waals surface area contributed by atoms with Gasteiger partial charge in [0.2, 0.25) is 0 Å². The smallest absolute Gasteiger partial charge is 0.353 e. The Balaban J connectivity index is 1.59. The summed E-state index contributed by atoms with van der Waals surface area (Å²) >= 11 is 1.28. The molecule has 0 radical (unpaired) electrons. The van der Waals surface area contributed by atoms with Crippen LogP contribution in [0.4, 0.5) is 5.69 Å². The minimum absolute atomic E-state index is 0.111. The first-order valence-electron chi connectivity index (χ1n) is 8.71. The van der Waals surface area contributed by atoms with E-state index < -0.39 is 16.8 Å².